The maximum Gasteiger partial charge on any atom is 0.338 e. The minimum Gasteiger partial charge on any atom is -0.541 e. The van der Waals surface area contributed by atoms with Crippen molar-refractivity contribution in [3.63, 3.8) is 0 Å². The van der Waals surface area contributed by atoms with Crippen molar-refractivity contribution in [1.82, 2.24) is 10.6 Å². The summed E-state index contributed by atoms with van der Waals surface area (Å²) in [6.07, 6.45) is 0.327. The fourth-order valence-corrected chi connectivity index (χ4v) is 10.7. The van der Waals surface area contributed by atoms with Gasteiger partial charge in [-0.2, -0.15) is 0 Å². The zero-order valence-electron chi connectivity index (χ0n) is 36.9. The summed E-state index contributed by atoms with van der Waals surface area (Å²) in [6.45, 7) is 19.3. The smallest absolute Gasteiger partial charge is 0.338 e. The van der Waals surface area contributed by atoms with Crippen molar-refractivity contribution in [3.05, 3.63) is 35.1 Å². The molecule has 0 radical (unpaired) electrons. The molecule has 3 heterocycles. The van der Waals surface area contributed by atoms with Crippen molar-refractivity contribution in [2.24, 2.45) is 11.8 Å². The zero-order valence-corrected chi connectivity index (χ0v) is 37.9. The van der Waals surface area contributed by atoms with E-state index >= 15 is 0 Å². The molecule has 6 aliphatic rings. The summed E-state index contributed by atoms with van der Waals surface area (Å²) in [6, 6.07) is 4.06. The number of amides is 2. The van der Waals surface area contributed by atoms with Crippen LogP contribution in [0.25, 0.3) is 0 Å². The summed E-state index contributed by atoms with van der Waals surface area (Å²) < 4.78 is 48.1. The molecule has 1 saturated carbocycles. The Bertz CT molecular complexity index is 2040. The van der Waals surface area contributed by atoms with Crippen LogP contribution in [0.2, 0.25) is 18.1 Å². The normalized spacial score (nSPS) is 30.2. The Kier molecular flexibility index (Phi) is 11.5. The first-order chi connectivity index (χ1) is 28.4. The van der Waals surface area contributed by atoms with Gasteiger partial charge >= 0.3 is 23.9 Å². The van der Waals surface area contributed by atoms with Crippen molar-refractivity contribution >= 4 is 44.0 Å². The van der Waals surface area contributed by atoms with Crippen LogP contribution >= 0.6 is 0 Å². The Morgan fingerprint density at radius 1 is 0.869 bits per heavy atom. The summed E-state index contributed by atoms with van der Waals surface area (Å²) in [5.41, 5.74) is -0.0398. The highest BCUT2D eigenvalue weighted by molar-refractivity contribution is 6.74. The van der Waals surface area contributed by atoms with E-state index in [0.717, 1.165) is 17.5 Å². The van der Waals surface area contributed by atoms with E-state index in [1.807, 2.05) is 6.07 Å². The number of carbonyl (C=O) groups is 6. The van der Waals surface area contributed by atoms with Crippen molar-refractivity contribution in [3.8, 4) is 11.5 Å². The lowest BCUT2D eigenvalue weighted by Gasteiger charge is -2.62. The van der Waals surface area contributed by atoms with Crippen LogP contribution in [0.5, 0.6) is 11.5 Å². The van der Waals surface area contributed by atoms with E-state index in [9.17, 15) is 28.8 Å². The molecular weight excluding hydrogens is 809 g/mol. The number of hydrogen-bond donors (Lipinski definition) is 2. The first-order valence-corrected chi connectivity index (χ1v) is 24.3. The number of carbonyl (C=O) groups excluding carboxylic acids is 6. The van der Waals surface area contributed by atoms with Gasteiger partial charge in [0.25, 0.3) is 8.32 Å². The maximum absolute atomic E-state index is 14.0. The lowest BCUT2D eigenvalue weighted by atomic mass is 9.44. The topological polar surface area (TPSA) is 200 Å². The largest absolute Gasteiger partial charge is 0.541 e. The Labute approximate surface area is 357 Å². The number of esters is 4. The number of rotatable bonds is 14. The van der Waals surface area contributed by atoms with E-state index in [0.29, 0.717) is 30.1 Å². The van der Waals surface area contributed by atoms with Crippen molar-refractivity contribution in [2.45, 2.75) is 166 Å². The molecular formula is C44H60N2O14Si. The molecule has 1 unspecified atom stereocenters. The van der Waals surface area contributed by atoms with Gasteiger partial charge < -0.3 is 48.2 Å². The molecule has 2 saturated heterocycles. The Hall–Kier alpha value is -4.48. The molecule has 7 rings (SSSR count). The van der Waals surface area contributed by atoms with Crippen LogP contribution in [0.4, 0.5) is 0 Å². The highest BCUT2D eigenvalue weighted by Gasteiger charge is 2.74. The average Bonchev–Trinajstić information content (AvgIpc) is 3.72. The van der Waals surface area contributed by atoms with Gasteiger partial charge in [-0.15, -0.1) is 0 Å². The lowest BCUT2D eigenvalue weighted by molar-refractivity contribution is -0.208. The van der Waals surface area contributed by atoms with Gasteiger partial charge in [0.1, 0.15) is 17.1 Å². The molecule has 3 aliphatic heterocycles. The van der Waals surface area contributed by atoms with Gasteiger partial charge in [0.05, 0.1) is 31.1 Å². The van der Waals surface area contributed by atoms with Gasteiger partial charge in [-0.3, -0.25) is 19.2 Å². The highest BCUT2D eigenvalue weighted by Crippen LogP contribution is 2.70. The second-order valence-corrected chi connectivity index (χ2v) is 24.4. The summed E-state index contributed by atoms with van der Waals surface area (Å²) in [5, 5.41) is 5.26. The standard InChI is InChI=1S/C44H60N2O14Si/c1-24-13-17-43-35-25-11-12-27(60-61(9,10)40(2,3)4)36(35)54-37(43)28(53-33(49)15-19-45-31(47)22-29-38(51)58-41(5,6)55-29)14-18-44(43,26(24)21-25)57-34(50)16-20-46-32(48)23-30-39(52)59-42(7,8)56-30/h11-12,14,24,26,29-30,37H,13,15-23H2,1-10H3,(H,45,47)(H,46,48)/t24?,26-,29-,30-,37-,43-,44+/m0/s1. The third kappa shape index (κ3) is 8.29. The predicted octanol–water partition coefficient (Wildman–Crippen LogP) is 4.93. The molecule has 17 heteroatoms. The zero-order chi connectivity index (χ0) is 44.5. The number of benzene rings is 1. The molecule has 1 aromatic carbocycles. The minimum absolute atomic E-state index is 0.0244. The van der Waals surface area contributed by atoms with Crippen LogP contribution in [-0.4, -0.2) is 92.6 Å². The lowest BCUT2D eigenvalue weighted by Crippen LogP contribution is -2.70. The van der Waals surface area contributed by atoms with E-state index in [1.54, 1.807) is 33.8 Å². The second kappa shape index (κ2) is 15.7. The Morgan fingerprint density at radius 3 is 1.98 bits per heavy atom. The molecule has 0 aromatic heterocycles. The van der Waals surface area contributed by atoms with E-state index in [-0.39, 0.29) is 62.1 Å². The third-order valence-corrected chi connectivity index (χ3v) is 17.8. The molecule has 3 fully saturated rings. The molecule has 334 valence electrons. The second-order valence-electron chi connectivity index (χ2n) is 19.7. The third-order valence-electron chi connectivity index (χ3n) is 13.5. The van der Waals surface area contributed by atoms with Crippen LogP contribution in [0.15, 0.2) is 24.0 Å². The Morgan fingerprint density at radius 2 is 1.44 bits per heavy atom. The molecule has 2 bridgehead atoms. The first kappa shape index (κ1) is 44.6. The Balaban J connectivity index is 1.12. The monoisotopic (exact) mass is 868 g/mol. The van der Waals surface area contributed by atoms with Gasteiger partial charge in [0.2, 0.25) is 23.4 Å². The van der Waals surface area contributed by atoms with Crippen LogP contribution < -0.4 is 19.8 Å². The van der Waals surface area contributed by atoms with Crippen molar-refractivity contribution in [1.29, 1.82) is 0 Å². The van der Waals surface area contributed by atoms with Gasteiger partial charge in [0, 0.05) is 58.7 Å². The molecule has 1 aromatic rings. The van der Waals surface area contributed by atoms with Crippen molar-refractivity contribution < 1.29 is 66.4 Å². The number of nitrogens with one attached hydrogen (secondary N) is 2. The summed E-state index contributed by atoms with van der Waals surface area (Å²) in [4.78, 5) is 77.3. The molecule has 3 aliphatic carbocycles. The SMILES string of the molecule is CC1CC[C@]23c4c5ccc(O[Si](C)(C)C(C)(C)C)c4O[C@H]2C(OC(=O)CCNC(=O)C[C@@H]2OC(C)(C)OC2=O)=CC[C@@]3(OC(=O)CCNC(=O)C[C@@H]2OC(C)(C)OC2=O)[C@H]1C5. The van der Waals surface area contributed by atoms with E-state index in [2.05, 4.69) is 57.5 Å². The van der Waals surface area contributed by atoms with Crippen LogP contribution in [0, 0.1) is 11.8 Å². The molecule has 2 amide bonds. The molecule has 7 atom stereocenters. The van der Waals surface area contributed by atoms with Gasteiger partial charge in [-0.05, 0) is 61.0 Å². The molecule has 16 nitrogen and oxygen atoms in total. The van der Waals surface area contributed by atoms with Gasteiger partial charge in [-0.25, -0.2) is 9.59 Å². The first-order valence-electron chi connectivity index (χ1n) is 21.4. The highest BCUT2D eigenvalue weighted by atomic mass is 28.4. The van der Waals surface area contributed by atoms with E-state index in [4.69, 9.17) is 37.6 Å². The molecule has 61 heavy (non-hydrogen) atoms. The van der Waals surface area contributed by atoms with Crippen LogP contribution in [0.3, 0.4) is 0 Å². The quantitative estimate of drug-likeness (QED) is 0.145. The average molecular weight is 869 g/mol. The molecule has 1 spiro atoms. The van der Waals surface area contributed by atoms with Crippen LogP contribution in [-0.2, 0) is 69.0 Å². The fourth-order valence-electron chi connectivity index (χ4n) is 9.71. The van der Waals surface area contributed by atoms with Gasteiger partial charge in [0.15, 0.2) is 24.1 Å². The number of hydrogen-bond acceptors (Lipinski definition) is 14. The molecule has 2 N–H and O–H groups in total. The summed E-state index contributed by atoms with van der Waals surface area (Å²) in [5.74, 6) is -4.02. The van der Waals surface area contributed by atoms with Gasteiger partial charge in [-0.1, -0.05) is 33.8 Å². The fraction of sp³-hybridized carbons (Fsp3) is 0.682. The van der Waals surface area contributed by atoms with Crippen molar-refractivity contribution in [2.75, 3.05) is 13.1 Å². The maximum atomic E-state index is 14.0. The predicted molar refractivity (Wildman–Crippen MR) is 218 cm³/mol. The summed E-state index contributed by atoms with van der Waals surface area (Å²) in [7, 11) is -2.38. The minimum atomic E-state index is -2.38. The summed E-state index contributed by atoms with van der Waals surface area (Å²) >= 11 is 0. The van der Waals surface area contributed by atoms with Crippen LogP contribution in [0.1, 0.15) is 111 Å². The van der Waals surface area contributed by atoms with E-state index in [1.165, 1.54) is 0 Å². The van der Waals surface area contributed by atoms with E-state index < -0.39 is 84.9 Å². The number of cyclic esters (lactones) is 2. The number of ether oxygens (including phenoxy) is 7.